The molecule has 1 heterocycles. The molecule has 2 rings (SSSR count). The number of benzene rings is 1. The van der Waals surface area contributed by atoms with Crippen LogP contribution in [0.15, 0.2) is 24.3 Å². The van der Waals surface area contributed by atoms with Gasteiger partial charge >= 0.3 is 6.03 Å². The van der Waals surface area contributed by atoms with Crippen molar-refractivity contribution < 1.29 is 9.59 Å². The van der Waals surface area contributed by atoms with Crippen molar-refractivity contribution in [3.63, 3.8) is 0 Å². The Morgan fingerprint density at radius 2 is 2.06 bits per heavy atom. The molecule has 0 aliphatic carbocycles. The Morgan fingerprint density at radius 1 is 1.31 bits per heavy atom. The zero-order valence-corrected chi connectivity index (χ0v) is 8.99. The second-order valence-electron chi connectivity index (χ2n) is 3.70. The van der Waals surface area contributed by atoms with Gasteiger partial charge in [0.2, 0.25) is 5.91 Å². The predicted octanol–water partition coefficient (Wildman–Crippen LogP) is 0.551. The highest BCUT2D eigenvalue weighted by Gasteiger charge is 2.22. The average Bonchev–Trinajstić information content (AvgIpc) is 2.25. The predicted molar refractivity (Wildman–Crippen MR) is 58.3 cm³/mol. The average molecular weight is 219 g/mol. The van der Waals surface area contributed by atoms with Crippen molar-refractivity contribution >= 4 is 11.9 Å². The molecule has 0 aromatic heterocycles. The quantitative estimate of drug-likeness (QED) is 0.763. The van der Waals surface area contributed by atoms with Crippen LogP contribution >= 0.6 is 0 Å². The van der Waals surface area contributed by atoms with E-state index in [0.717, 1.165) is 11.1 Å². The van der Waals surface area contributed by atoms with Crippen molar-refractivity contribution in [2.24, 2.45) is 0 Å². The number of hydrogen-bond acceptors (Lipinski definition) is 3. The first-order chi connectivity index (χ1) is 7.66. The van der Waals surface area contributed by atoms with Crippen molar-refractivity contribution in [2.75, 3.05) is 6.54 Å². The van der Waals surface area contributed by atoms with Crippen molar-refractivity contribution in [3.8, 4) is 0 Å². The van der Waals surface area contributed by atoms with E-state index >= 15 is 0 Å². The topological polar surface area (TPSA) is 61.4 Å². The molecule has 16 heavy (non-hydrogen) atoms. The van der Waals surface area contributed by atoms with Gasteiger partial charge in [0.15, 0.2) is 0 Å². The van der Waals surface area contributed by atoms with Crippen LogP contribution in [0.2, 0.25) is 0 Å². The molecule has 0 unspecified atom stereocenters. The van der Waals surface area contributed by atoms with E-state index in [4.69, 9.17) is 0 Å². The summed E-state index contributed by atoms with van der Waals surface area (Å²) in [7, 11) is 0. The molecule has 0 bridgehead atoms. The summed E-state index contributed by atoms with van der Waals surface area (Å²) in [5.74, 6) is -0.300. The van der Waals surface area contributed by atoms with Crippen molar-refractivity contribution in [2.45, 2.75) is 13.5 Å². The van der Waals surface area contributed by atoms with Crippen LogP contribution in [0.1, 0.15) is 11.1 Å². The first-order valence-electron chi connectivity index (χ1n) is 5.06. The third-order valence-electron chi connectivity index (χ3n) is 2.51. The molecule has 5 nitrogen and oxygen atoms in total. The SMILES string of the molecule is Cc1ccccc1CN1NCC(=O)NC1=O. The highest BCUT2D eigenvalue weighted by molar-refractivity contribution is 5.97. The fourth-order valence-electron chi connectivity index (χ4n) is 1.56. The maximum absolute atomic E-state index is 11.5. The summed E-state index contributed by atoms with van der Waals surface area (Å²) < 4.78 is 0. The van der Waals surface area contributed by atoms with Crippen LogP contribution in [0, 0.1) is 6.92 Å². The molecule has 1 aliphatic rings. The van der Waals surface area contributed by atoms with Gasteiger partial charge in [-0.1, -0.05) is 24.3 Å². The maximum atomic E-state index is 11.5. The van der Waals surface area contributed by atoms with Gasteiger partial charge < -0.3 is 0 Å². The number of nitrogens with zero attached hydrogens (tertiary/aromatic N) is 1. The number of imide groups is 1. The number of carbonyl (C=O) groups is 2. The number of nitrogens with one attached hydrogen (secondary N) is 2. The Morgan fingerprint density at radius 3 is 2.75 bits per heavy atom. The number of aryl methyl sites for hydroxylation is 1. The van der Waals surface area contributed by atoms with Gasteiger partial charge in [-0.15, -0.1) is 0 Å². The van der Waals surface area contributed by atoms with E-state index in [1.165, 1.54) is 5.01 Å². The van der Waals surface area contributed by atoms with E-state index < -0.39 is 6.03 Å². The van der Waals surface area contributed by atoms with Crippen LogP contribution in [0.4, 0.5) is 4.79 Å². The van der Waals surface area contributed by atoms with Crippen LogP contribution in [0.3, 0.4) is 0 Å². The Bertz CT molecular complexity index is 431. The fraction of sp³-hybridized carbons (Fsp3) is 0.273. The van der Waals surface area contributed by atoms with Gasteiger partial charge in [0.1, 0.15) is 0 Å². The van der Waals surface area contributed by atoms with Crippen LogP contribution in [-0.2, 0) is 11.3 Å². The van der Waals surface area contributed by atoms with E-state index in [1.54, 1.807) is 0 Å². The summed E-state index contributed by atoms with van der Waals surface area (Å²) in [4.78, 5) is 22.4. The summed E-state index contributed by atoms with van der Waals surface area (Å²) in [6.07, 6.45) is 0. The van der Waals surface area contributed by atoms with Gasteiger partial charge in [-0.2, -0.15) is 0 Å². The molecule has 1 fully saturated rings. The molecule has 5 heteroatoms. The minimum atomic E-state index is -0.403. The van der Waals surface area contributed by atoms with Gasteiger partial charge in [0.05, 0.1) is 13.1 Å². The number of hydrazine groups is 1. The summed E-state index contributed by atoms with van der Waals surface area (Å²) >= 11 is 0. The van der Waals surface area contributed by atoms with Crippen molar-refractivity contribution in [3.05, 3.63) is 35.4 Å². The van der Waals surface area contributed by atoms with Crippen LogP contribution in [0.25, 0.3) is 0 Å². The Kier molecular flexibility index (Phi) is 2.87. The molecular weight excluding hydrogens is 206 g/mol. The number of hydrogen-bond donors (Lipinski definition) is 2. The number of rotatable bonds is 2. The fourth-order valence-corrected chi connectivity index (χ4v) is 1.56. The van der Waals surface area contributed by atoms with Gasteiger partial charge in [0.25, 0.3) is 0 Å². The van der Waals surface area contributed by atoms with E-state index in [1.807, 2.05) is 31.2 Å². The van der Waals surface area contributed by atoms with Crippen molar-refractivity contribution in [1.82, 2.24) is 15.8 Å². The summed E-state index contributed by atoms with van der Waals surface area (Å²) in [5.41, 5.74) is 4.94. The smallest absolute Gasteiger partial charge is 0.276 e. The van der Waals surface area contributed by atoms with Crippen molar-refractivity contribution in [1.29, 1.82) is 0 Å². The summed E-state index contributed by atoms with van der Waals surface area (Å²) in [5, 5.41) is 3.66. The molecule has 2 N–H and O–H groups in total. The zero-order chi connectivity index (χ0) is 11.5. The highest BCUT2D eigenvalue weighted by Crippen LogP contribution is 2.09. The highest BCUT2D eigenvalue weighted by atomic mass is 16.2. The number of carbonyl (C=O) groups excluding carboxylic acids is 2. The first-order valence-corrected chi connectivity index (χ1v) is 5.06. The maximum Gasteiger partial charge on any atom is 0.338 e. The lowest BCUT2D eigenvalue weighted by molar-refractivity contribution is -0.121. The molecule has 3 amide bonds. The lowest BCUT2D eigenvalue weighted by Gasteiger charge is -2.27. The second kappa shape index (κ2) is 4.32. The van der Waals surface area contributed by atoms with Gasteiger partial charge in [-0.25, -0.2) is 10.2 Å². The monoisotopic (exact) mass is 219 g/mol. The molecule has 0 radical (unpaired) electrons. The molecule has 1 aliphatic heterocycles. The molecule has 84 valence electrons. The normalized spacial score (nSPS) is 16.2. The standard InChI is InChI=1S/C11H13N3O2/c1-8-4-2-3-5-9(8)7-14-11(16)13-10(15)6-12-14/h2-5,12H,6-7H2,1H3,(H,13,15,16). The van der Waals surface area contributed by atoms with E-state index in [9.17, 15) is 9.59 Å². The zero-order valence-electron chi connectivity index (χ0n) is 8.99. The number of amides is 3. The van der Waals surface area contributed by atoms with Crippen LogP contribution in [0.5, 0.6) is 0 Å². The van der Waals surface area contributed by atoms with E-state index in [-0.39, 0.29) is 12.5 Å². The Balaban J connectivity index is 2.08. The van der Waals surface area contributed by atoms with Crippen LogP contribution in [-0.4, -0.2) is 23.5 Å². The van der Waals surface area contributed by atoms with Gasteiger partial charge in [0, 0.05) is 0 Å². The minimum absolute atomic E-state index is 0.137. The third-order valence-corrected chi connectivity index (χ3v) is 2.51. The molecule has 1 saturated heterocycles. The summed E-state index contributed by atoms with van der Waals surface area (Å²) in [6.45, 7) is 2.58. The largest absolute Gasteiger partial charge is 0.338 e. The molecule has 0 atom stereocenters. The first kappa shape index (κ1) is 10.6. The Hall–Kier alpha value is -1.88. The van der Waals surface area contributed by atoms with Gasteiger partial charge in [-0.3, -0.25) is 15.1 Å². The Labute approximate surface area is 93.4 Å². The lowest BCUT2D eigenvalue weighted by Crippen LogP contribution is -2.58. The molecule has 0 saturated carbocycles. The van der Waals surface area contributed by atoms with E-state index in [2.05, 4.69) is 10.7 Å². The summed E-state index contributed by atoms with van der Waals surface area (Å²) in [6, 6.07) is 7.42. The second-order valence-corrected chi connectivity index (χ2v) is 3.70. The molecule has 1 aromatic carbocycles. The minimum Gasteiger partial charge on any atom is -0.276 e. The van der Waals surface area contributed by atoms with Gasteiger partial charge in [-0.05, 0) is 18.1 Å². The molecular formula is C11H13N3O2. The molecule has 0 spiro atoms. The third kappa shape index (κ3) is 2.20. The van der Waals surface area contributed by atoms with Crippen LogP contribution < -0.4 is 10.7 Å². The van der Waals surface area contributed by atoms with E-state index in [0.29, 0.717) is 6.54 Å². The lowest BCUT2D eigenvalue weighted by atomic mass is 10.1. The number of urea groups is 1. The molecule has 1 aromatic rings.